The predicted molar refractivity (Wildman–Crippen MR) is 146 cm³/mol. The minimum absolute atomic E-state index is 0.186. The van der Waals surface area contributed by atoms with Crippen molar-refractivity contribution in [2.24, 2.45) is 0 Å². The second-order valence-corrected chi connectivity index (χ2v) is 10.2. The molecule has 0 radical (unpaired) electrons. The number of rotatable bonds is 10. The van der Waals surface area contributed by atoms with Crippen LogP contribution in [0.25, 0.3) is 11.1 Å². The number of hydrogen-bond donors (Lipinski definition) is 3. The predicted octanol–water partition coefficient (Wildman–Crippen LogP) is 4.23. The number of amides is 1. The van der Waals surface area contributed by atoms with Gasteiger partial charge in [0.2, 0.25) is 5.95 Å². The SMILES string of the molecule is CC(C)(C)OC(=O)CNC(=O)c1ccc(-c2cnc(Nc3cccc(CNCC4CCCO4)c3)nc2)cc1. The van der Waals surface area contributed by atoms with Gasteiger partial charge in [-0.15, -0.1) is 0 Å². The van der Waals surface area contributed by atoms with Crippen molar-refractivity contribution in [1.82, 2.24) is 20.6 Å². The molecule has 2 heterocycles. The molecule has 0 saturated carbocycles. The summed E-state index contributed by atoms with van der Waals surface area (Å²) in [4.78, 5) is 33.1. The maximum absolute atomic E-state index is 12.4. The summed E-state index contributed by atoms with van der Waals surface area (Å²) in [6, 6.07) is 15.2. The molecule has 1 unspecified atom stereocenters. The quantitative estimate of drug-likeness (QED) is 0.343. The van der Waals surface area contributed by atoms with E-state index < -0.39 is 11.6 Å². The van der Waals surface area contributed by atoms with E-state index in [0.29, 0.717) is 17.6 Å². The normalized spacial score (nSPS) is 15.2. The fraction of sp³-hybridized carbons (Fsp3) is 0.379. The highest BCUT2D eigenvalue weighted by atomic mass is 16.6. The topological polar surface area (TPSA) is 114 Å². The molecule has 0 bridgehead atoms. The molecule has 1 aliphatic rings. The van der Waals surface area contributed by atoms with Gasteiger partial charge in [0.25, 0.3) is 5.91 Å². The van der Waals surface area contributed by atoms with Crippen LogP contribution < -0.4 is 16.0 Å². The Labute approximate surface area is 223 Å². The van der Waals surface area contributed by atoms with Gasteiger partial charge in [-0.3, -0.25) is 9.59 Å². The number of hydrogen-bond acceptors (Lipinski definition) is 8. The van der Waals surface area contributed by atoms with Crippen molar-refractivity contribution in [2.75, 3.05) is 25.0 Å². The lowest BCUT2D eigenvalue weighted by atomic mass is 10.1. The van der Waals surface area contributed by atoms with Gasteiger partial charge < -0.3 is 25.4 Å². The molecule has 1 aromatic heterocycles. The Morgan fingerprint density at radius 2 is 1.82 bits per heavy atom. The first-order chi connectivity index (χ1) is 18.2. The van der Waals surface area contributed by atoms with Crippen LogP contribution in [0.15, 0.2) is 60.9 Å². The van der Waals surface area contributed by atoms with Crippen molar-refractivity contribution < 1.29 is 19.1 Å². The second-order valence-electron chi connectivity index (χ2n) is 10.2. The number of benzene rings is 2. The average molecular weight is 518 g/mol. The summed E-state index contributed by atoms with van der Waals surface area (Å²) < 4.78 is 10.9. The van der Waals surface area contributed by atoms with E-state index in [-0.39, 0.29) is 12.5 Å². The molecular formula is C29H35N5O4. The van der Waals surface area contributed by atoms with E-state index in [1.54, 1.807) is 45.3 Å². The third-order valence-corrected chi connectivity index (χ3v) is 5.85. The van der Waals surface area contributed by atoms with Gasteiger partial charge in [0, 0.05) is 48.9 Å². The average Bonchev–Trinajstić information content (AvgIpc) is 3.41. The van der Waals surface area contributed by atoms with Gasteiger partial charge in [0.15, 0.2) is 0 Å². The zero-order chi connectivity index (χ0) is 27.0. The Balaban J connectivity index is 1.28. The van der Waals surface area contributed by atoms with Crippen molar-refractivity contribution in [1.29, 1.82) is 0 Å². The van der Waals surface area contributed by atoms with E-state index in [1.165, 1.54) is 5.56 Å². The van der Waals surface area contributed by atoms with E-state index in [2.05, 4.69) is 38.1 Å². The number of ether oxygens (including phenoxy) is 2. The number of esters is 1. The van der Waals surface area contributed by atoms with E-state index in [0.717, 1.165) is 49.4 Å². The first kappa shape index (κ1) is 27.2. The Morgan fingerprint density at radius 1 is 1.05 bits per heavy atom. The van der Waals surface area contributed by atoms with Crippen molar-refractivity contribution in [2.45, 2.75) is 51.9 Å². The molecule has 1 amide bonds. The molecule has 0 aliphatic carbocycles. The van der Waals surface area contributed by atoms with Gasteiger partial charge in [-0.2, -0.15) is 0 Å². The van der Waals surface area contributed by atoms with Crippen LogP contribution in [0, 0.1) is 0 Å². The summed E-state index contributed by atoms with van der Waals surface area (Å²) in [5, 5.41) is 9.29. The lowest BCUT2D eigenvalue weighted by molar-refractivity contribution is -0.153. The van der Waals surface area contributed by atoms with Crippen LogP contribution in [0.3, 0.4) is 0 Å². The van der Waals surface area contributed by atoms with Crippen LogP contribution in [-0.2, 0) is 20.8 Å². The molecule has 9 nitrogen and oxygen atoms in total. The summed E-state index contributed by atoms with van der Waals surface area (Å²) in [6.07, 6.45) is 6.06. The van der Waals surface area contributed by atoms with Gasteiger partial charge in [0.1, 0.15) is 12.1 Å². The monoisotopic (exact) mass is 517 g/mol. The van der Waals surface area contributed by atoms with Crippen LogP contribution in [0.2, 0.25) is 0 Å². The Kier molecular flexibility index (Phi) is 9.04. The van der Waals surface area contributed by atoms with Crippen molar-refractivity contribution in [3.63, 3.8) is 0 Å². The fourth-order valence-corrected chi connectivity index (χ4v) is 4.06. The molecule has 9 heteroatoms. The highest BCUT2D eigenvalue weighted by molar-refractivity contribution is 5.96. The van der Waals surface area contributed by atoms with Gasteiger partial charge in [0.05, 0.1) is 6.10 Å². The number of nitrogens with zero attached hydrogens (tertiary/aromatic N) is 2. The lowest BCUT2D eigenvalue weighted by Crippen LogP contribution is -2.34. The highest BCUT2D eigenvalue weighted by Crippen LogP contribution is 2.21. The van der Waals surface area contributed by atoms with Crippen LogP contribution >= 0.6 is 0 Å². The standard InChI is InChI=1S/C29H35N5O4/c1-29(2,3)38-26(35)19-31-27(36)22-11-9-21(10-12-22)23-16-32-28(33-17-23)34-24-7-4-6-20(14-24)15-30-18-25-8-5-13-37-25/h4,6-7,9-12,14,16-17,25,30H,5,8,13,15,18-19H2,1-3H3,(H,31,36)(H,32,33,34). The summed E-state index contributed by atoms with van der Waals surface area (Å²) in [6.45, 7) is 7.65. The molecule has 3 aromatic rings. The minimum Gasteiger partial charge on any atom is -0.459 e. The molecular weight excluding hydrogens is 482 g/mol. The van der Waals surface area contributed by atoms with Gasteiger partial charge >= 0.3 is 5.97 Å². The molecule has 0 spiro atoms. The lowest BCUT2D eigenvalue weighted by Gasteiger charge is -2.19. The number of nitrogens with one attached hydrogen (secondary N) is 3. The smallest absolute Gasteiger partial charge is 0.325 e. The number of carbonyl (C=O) groups excluding carboxylic acids is 2. The largest absolute Gasteiger partial charge is 0.459 e. The second kappa shape index (κ2) is 12.6. The van der Waals surface area contributed by atoms with Crippen LogP contribution in [0.4, 0.5) is 11.6 Å². The van der Waals surface area contributed by atoms with Crippen LogP contribution in [0.1, 0.15) is 49.5 Å². The van der Waals surface area contributed by atoms with E-state index in [9.17, 15) is 9.59 Å². The third kappa shape index (κ3) is 8.36. The molecule has 1 aliphatic heterocycles. The molecule has 38 heavy (non-hydrogen) atoms. The Bertz CT molecular complexity index is 1220. The van der Waals surface area contributed by atoms with Crippen molar-refractivity contribution in [3.05, 3.63) is 72.1 Å². The number of aromatic nitrogens is 2. The minimum atomic E-state index is -0.595. The molecule has 2 aromatic carbocycles. The van der Waals surface area contributed by atoms with Gasteiger partial charge in [-0.05, 0) is 69.0 Å². The molecule has 3 N–H and O–H groups in total. The van der Waals surface area contributed by atoms with Crippen molar-refractivity contribution in [3.8, 4) is 11.1 Å². The summed E-state index contributed by atoms with van der Waals surface area (Å²) >= 11 is 0. The summed E-state index contributed by atoms with van der Waals surface area (Å²) in [5.41, 5.74) is 3.63. The highest BCUT2D eigenvalue weighted by Gasteiger charge is 2.17. The van der Waals surface area contributed by atoms with Crippen LogP contribution in [-0.4, -0.2) is 53.2 Å². The molecule has 4 rings (SSSR count). The van der Waals surface area contributed by atoms with E-state index in [1.807, 2.05) is 24.3 Å². The van der Waals surface area contributed by atoms with Crippen LogP contribution in [0.5, 0.6) is 0 Å². The first-order valence-electron chi connectivity index (χ1n) is 12.9. The third-order valence-electron chi connectivity index (χ3n) is 5.85. The maximum Gasteiger partial charge on any atom is 0.325 e. The zero-order valence-electron chi connectivity index (χ0n) is 22.1. The first-order valence-corrected chi connectivity index (χ1v) is 12.9. The molecule has 200 valence electrons. The van der Waals surface area contributed by atoms with Crippen molar-refractivity contribution >= 4 is 23.5 Å². The van der Waals surface area contributed by atoms with E-state index in [4.69, 9.17) is 9.47 Å². The summed E-state index contributed by atoms with van der Waals surface area (Å²) in [7, 11) is 0. The molecule has 1 saturated heterocycles. The maximum atomic E-state index is 12.4. The fourth-order valence-electron chi connectivity index (χ4n) is 4.06. The molecule has 1 fully saturated rings. The molecule has 1 atom stereocenters. The van der Waals surface area contributed by atoms with Gasteiger partial charge in [-0.1, -0.05) is 24.3 Å². The van der Waals surface area contributed by atoms with E-state index >= 15 is 0 Å². The number of anilines is 2. The van der Waals surface area contributed by atoms with Gasteiger partial charge in [-0.25, -0.2) is 9.97 Å². The number of carbonyl (C=O) groups is 2. The summed E-state index contributed by atoms with van der Waals surface area (Å²) in [5.74, 6) is -0.329. The Morgan fingerprint density at radius 3 is 2.50 bits per heavy atom. The zero-order valence-corrected chi connectivity index (χ0v) is 22.1. The Hall–Kier alpha value is -3.82.